The maximum absolute atomic E-state index is 13.8. The van der Waals surface area contributed by atoms with Crippen LogP contribution in [0.5, 0.6) is 0 Å². The first-order valence-corrected chi connectivity index (χ1v) is 12.5. The molecule has 0 fully saturated rings. The van der Waals surface area contributed by atoms with Crippen LogP contribution in [0.2, 0.25) is 0 Å². The van der Waals surface area contributed by atoms with E-state index in [-0.39, 0.29) is 11.6 Å². The number of nitrogens with one attached hydrogen (secondary N) is 3. The second kappa shape index (κ2) is 10.4. The second-order valence-corrected chi connectivity index (χ2v) is 9.08. The lowest BCUT2D eigenvalue weighted by Gasteiger charge is -2.23. The molecule has 5 aromatic rings. The van der Waals surface area contributed by atoms with E-state index in [0.717, 1.165) is 27.7 Å². The minimum atomic E-state index is -0.367. The number of hydrogen-bond donors (Lipinski definition) is 3. The molecule has 10 heteroatoms. The molecule has 0 amide bonds. The van der Waals surface area contributed by atoms with Crippen molar-refractivity contribution in [2.75, 3.05) is 10.7 Å². The van der Waals surface area contributed by atoms with E-state index in [2.05, 4.69) is 52.1 Å². The molecule has 186 valence electrons. The van der Waals surface area contributed by atoms with Gasteiger partial charge in [-0.2, -0.15) is 0 Å². The number of aryl methyl sites for hydroxylation is 3. The summed E-state index contributed by atoms with van der Waals surface area (Å²) < 4.78 is 1.54. The fraction of sp³-hybridized carbons (Fsp3) is 0.269. The Hall–Kier alpha value is -3.84. The first-order valence-electron chi connectivity index (χ1n) is 11.9. The molecule has 0 saturated carbocycles. The van der Waals surface area contributed by atoms with E-state index in [9.17, 15) is 4.79 Å². The average Bonchev–Trinajstić information content (AvgIpc) is 3.33. The van der Waals surface area contributed by atoms with Crippen LogP contribution in [-0.2, 0) is 0 Å². The summed E-state index contributed by atoms with van der Waals surface area (Å²) in [6, 6.07) is 9.44. The largest absolute Gasteiger partial charge is 0.358 e. The first-order chi connectivity index (χ1) is 17.3. The Bertz CT molecular complexity index is 1580. The Morgan fingerprint density at radius 2 is 1.75 bits per heavy atom. The van der Waals surface area contributed by atoms with Crippen molar-refractivity contribution >= 4 is 48.1 Å². The van der Waals surface area contributed by atoms with Gasteiger partial charge in [0, 0.05) is 0 Å². The van der Waals surface area contributed by atoms with Crippen LogP contribution in [0.4, 0.5) is 11.5 Å². The highest BCUT2D eigenvalue weighted by molar-refractivity contribution is 7.27. The number of nitrogens with zero attached hydrogens (tertiary/aromatic N) is 5. The van der Waals surface area contributed by atoms with Crippen molar-refractivity contribution < 1.29 is 0 Å². The fourth-order valence-electron chi connectivity index (χ4n) is 4.24. The van der Waals surface area contributed by atoms with E-state index >= 15 is 0 Å². The zero-order chi connectivity index (χ0) is 26.0. The van der Waals surface area contributed by atoms with Crippen molar-refractivity contribution in [2.45, 2.75) is 47.6 Å². The van der Waals surface area contributed by atoms with E-state index in [0.29, 0.717) is 33.7 Å². The molecule has 2 aromatic carbocycles. The first kappa shape index (κ1) is 25.3. The molecule has 0 saturated heterocycles. The second-order valence-electron chi connectivity index (χ2n) is 8.41. The molecule has 0 aliphatic heterocycles. The van der Waals surface area contributed by atoms with Crippen molar-refractivity contribution in [1.29, 1.82) is 0 Å². The number of aromatic nitrogens is 6. The highest BCUT2D eigenvalue weighted by Gasteiger charge is 2.20. The lowest BCUT2D eigenvalue weighted by molar-refractivity contribution is 0.700. The van der Waals surface area contributed by atoms with Gasteiger partial charge in [0.1, 0.15) is 11.8 Å². The molecule has 0 aliphatic rings. The number of hydrogen-bond acceptors (Lipinski definition) is 7. The number of imidazole rings is 1. The zero-order valence-corrected chi connectivity index (χ0v) is 22.5. The minimum Gasteiger partial charge on any atom is -0.358 e. The van der Waals surface area contributed by atoms with Crippen molar-refractivity contribution in [3.8, 4) is 0 Å². The topological polar surface area (TPSA) is 113 Å². The number of fused-ring (bicyclic) bond motifs is 2. The van der Waals surface area contributed by atoms with Crippen molar-refractivity contribution in [1.82, 2.24) is 29.6 Å². The van der Waals surface area contributed by atoms with Crippen LogP contribution in [-0.4, -0.2) is 29.6 Å². The highest BCUT2D eigenvalue weighted by atomic mass is 31.0. The van der Waals surface area contributed by atoms with Crippen LogP contribution in [0, 0.1) is 20.8 Å². The minimum absolute atomic E-state index is 0.158. The van der Waals surface area contributed by atoms with Gasteiger partial charge in [0.2, 0.25) is 0 Å². The van der Waals surface area contributed by atoms with Gasteiger partial charge in [-0.25, -0.2) is 24.6 Å². The third-order valence-corrected chi connectivity index (χ3v) is 6.21. The predicted molar refractivity (Wildman–Crippen MR) is 150 cm³/mol. The third kappa shape index (κ3) is 4.66. The Labute approximate surface area is 212 Å². The van der Waals surface area contributed by atoms with Crippen LogP contribution < -0.4 is 21.6 Å². The number of rotatable bonds is 5. The van der Waals surface area contributed by atoms with Crippen LogP contribution >= 0.6 is 9.24 Å². The van der Waals surface area contributed by atoms with Crippen LogP contribution in [0.3, 0.4) is 0 Å². The summed E-state index contributed by atoms with van der Waals surface area (Å²) in [5.74, 6) is 1.11. The van der Waals surface area contributed by atoms with Crippen LogP contribution in [0.15, 0.2) is 47.8 Å². The molecule has 2 atom stereocenters. The van der Waals surface area contributed by atoms with Crippen molar-refractivity contribution in [3.63, 3.8) is 0 Å². The zero-order valence-electron chi connectivity index (χ0n) is 21.3. The Balaban J connectivity index is 0.00000148. The van der Waals surface area contributed by atoms with Crippen LogP contribution in [0.1, 0.15) is 49.3 Å². The van der Waals surface area contributed by atoms with Crippen molar-refractivity contribution in [3.05, 3.63) is 75.9 Å². The molecule has 9 nitrogen and oxygen atoms in total. The molecule has 0 bridgehead atoms. The lowest BCUT2D eigenvalue weighted by Crippen LogP contribution is -2.34. The summed E-state index contributed by atoms with van der Waals surface area (Å²) in [7, 11) is 2.72. The third-order valence-electron chi connectivity index (χ3n) is 5.87. The van der Waals surface area contributed by atoms with Gasteiger partial charge in [-0.1, -0.05) is 26.0 Å². The van der Waals surface area contributed by atoms with Gasteiger partial charge in [-0.05, 0) is 67.9 Å². The van der Waals surface area contributed by atoms with E-state index in [1.165, 1.54) is 11.0 Å². The lowest BCUT2D eigenvalue weighted by atomic mass is 10.1. The summed E-state index contributed by atoms with van der Waals surface area (Å²) in [5.41, 5.74) is 8.91. The maximum atomic E-state index is 13.8. The molecule has 0 radical (unpaired) electrons. The quantitative estimate of drug-likeness (QED) is 0.302. The van der Waals surface area contributed by atoms with E-state index in [1.807, 2.05) is 59.7 Å². The monoisotopic (exact) mass is 502 g/mol. The van der Waals surface area contributed by atoms with Gasteiger partial charge in [-0.3, -0.25) is 10.2 Å². The maximum Gasteiger partial charge on any atom is 0.280 e. The molecular formula is C26H31N8OP. The molecular weight excluding hydrogens is 471 g/mol. The number of anilines is 2. The summed E-state index contributed by atoms with van der Waals surface area (Å²) >= 11 is 0. The van der Waals surface area contributed by atoms with Gasteiger partial charge < -0.3 is 10.3 Å². The van der Waals surface area contributed by atoms with Crippen molar-refractivity contribution in [2.24, 2.45) is 0 Å². The SMILES string of the molecule is CC.Cc1cc(P)cc(C)c1Nn1c(C(C)Nc2ncnc3nc[nH]c23)nc2cccc(C)c2c1=O. The van der Waals surface area contributed by atoms with Gasteiger partial charge in [0.25, 0.3) is 5.56 Å². The summed E-state index contributed by atoms with van der Waals surface area (Å²) in [6.07, 6.45) is 3.03. The fourth-order valence-corrected chi connectivity index (χ4v) is 4.74. The molecule has 0 spiro atoms. The van der Waals surface area contributed by atoms with Gasteiger partial charge in [0.15, 0.2) is 17.3 Å². The molecule has 5 rings (SSSR count). The molecule has 36 heavy (non-hydrogen) atoms. The average molecular weight is 503 g/mol. The van der Waals surface area contributed by atoms with Gasteiger partial charge in [0.05, 0.1) is 29.0 Å². The highest BCUT2D eigenvalue weighted by Crippen LogP contribution is 2.25. The predicted octanol–water partition coefficient (Wildman–Crippen LogP) is 4.56. The summed E-state index contributed by atoms with van der Waals surface area (Å²) in [4.78, 5) is 34.5. The summed E-state index contributed by atoms with van der Waals surface area (Å²) in [6.45, 7) is 11.9. The number of H-pyrrole nitrogens is 1. The summed E-state index contributed by atoms with van der Waals surface area (Å²) in [5, 5.41) is 5.04. The van der Waals surface area contributed by atoms with E-state index < -0.39 is 0 Å². The molecule has 3 N–H and O–H groups in total. The van der Waals surface area contributed by atoms with E-state index in [4.69, 9.17) is 4.98 Å². The van der Waals surface area contributed by atoms with Gasteiger partial charge in [-0.15, -0.1) is 9.24 Å². The molecule has 0 aliphatic carbocycles. The molecule has 3 aromatic heterocycles. The smallest absolute Gasteiger partial charge is 0.280 e. The Morgan fingerprint density at radius 1 is 1.03 bits per heavy atom. The Morgan fingerprint density at radius 3 is 2.47 bits per heavy atom. The Kier molecular flexibility index (Phi) is 7.31. The normalized spacial score (nSPS) is 11.8. The molecule has 3 heterocycles. The van der Waals surface area contributed by atoms with Gasteiger partial charge >= 0.3 is 0 Å². The van der Waals surface area contributed by atoms with E-state index in [1.54, 1.807) is 6.33 Å². The standard InChI is InChI=1S/C24H25N8OP.C2H6/c1-12-6-5-7-17-18(12)24(33)32(31-19-13(2)8-16(34)9-14(19)3)23(30-17)15(4)29-22-20-21(26-10-25-20)27-11-28-22;1-2/h5-11,15,31H,34H2,1-4H3,(H2,25,26,27,28,29);1-2H3. The molecule has 2 unspecified atom stereocenters. The van der Waals surface area contributed by atoms with Crippen LogP contribution in [0.25, 0.3) is 22.1 Å². The number of aromatic amines is 1. The number of benzene rings is 2.